The van der Waals surface area contributed by atoms with E-state index in [0.29, 0.717) is 16.9 Å². The number of carboxylic acids is 1. The summed E-state index contributed by atoms with van der Waals surface area (Å²) < 4.78 is 10.9. The molecule has 1 atom stereocenters. The van der Waals surface area contributed by atoms with Gasteiger partial charge in [0.1, 0.15) is 11.3 Å². The van der Waals surface area contributed by atoms with E-state index in [4.69, 9.17) is 9.15 Å². The van der Waals surface area contributed by atoms with E-state index < -0.39 is 17.9 Å². The second kappa shape index (κ2) is 6.58. The minimum absolute atomic E-state index is 0.319. The molecule has 1 aromatic carbocycles. The molecule has 0 bridgehead atoms. The minimum Gasteiger partial charge on any atom is -0.548 e. The molecule has 1 aliphatic rings. The summed E-state index contributed by atoms with van der Waals surface area (Å²) in [5.74, 6) is -1.54. The van der Waals surface area contributed by atoms with Gasteiger partial charge in [0.15, 0.2) is 6.61 Å². The van der Waals surface area contributed by atoms with E-state index in [2.05, 4.69) is 5.32 Å². The summed E-state index contributed by atoms with van der Waals surface area (Å²) in [6, 6.07) is 2.45. The van der Waals surface area contributed by atoms with E-state index in [0.717, 1.165) is 35.8 Å². The number of benzene rings is 1. The van der Waals surface area contributed by atoms with E-state index in [-0.39, 0.29) is 12.2 Å². The van der Waals surface area contributed by atoms with Crippen molar-refractivity contribution in [1.82, 2.24) is 5.32 Å². The lowest BCUT2D eigenvalue weighted by Gasteiger charge is -2.16. The highest BCUT2D eigenvalue weighted by atomic mass is 16.5. The Hall–Kier alpha value is -2.83. The molecule has 2 aromatic rings. The lowest BCUT2D eigenvalue weighted by atomic mass is 10.0. The van der Waals surface area contributed by atoms with Crippen molar-refractivity contribution >= 4 is 22.8 Å². The third-order valence-corrected chi connectivity index (χ3v) is 4.43. The Morgan fingerprint density at radius 3 is 2.76 bits per heavy atom. The standard InChI is InChI=1S/C18H19NO6/c1-9-14(24-8-15(20)19-10(2)17(21)22)7-6-12-11-4-3-5-13(11)18(23)25-16(9)12/h6-7,10H,3-5,8H2,1-2H3,(H,19,20)(H,21,22)/p-1/t10-/m0/s1. The van der Waals surface area contributed by atoms with Crippen LogP contribution in [-0.4, -0.2) is 24.5 Å². The van der Waals surface area contributed by atoms with Gasteiger partial charge in [0, 0.05) is 16.5 Å². The molecule has 0 radical (unpaired) electrons. The lowest BCUT2D eigenvalue weighted by Crippen LogP contribution is -2.47. The van der Waals surface area contributed by atoms with Crippen LogP contribution in [0.4, 0.5) is 0 Å². The number of carboxylic acid groups (broad SMARTS) is 1. The summed E-state index contributed by atoms with van der Waals surface area (Å²) in [4.78, 5) is 34.4. The summed E-state index contributed by atoms with van der Waals surface area (Å²) in [7, 11) is 0. The normalized spacial score (nSPS) is 14.2. The molecule has 0 aliphatic heterocycles. The minimum atomic E-state index is -1.37. The fourth-order valence-electron chi connectivity index (χ4n) is 3.11. The Morgan fingerprint density at radius 2 is 2.04 bits per heavy atom. The molecular weight excluding hydrogens is 326 g/mol. The van der Waals surface area contributed by atoms with E-state index in [1.807, 2.05) is 6.07 Å². The van der Waals surface area contributed by atoms with Crippen LogP contribution in [0, 0.1) is 6.92 Å². The van der Waals surface area contributed by atoms with Gasteiger partial charge in [0.05, 0.1) is 12.0 Å². The first-order valence-electron chi connectivity index (χ1n) is 8.09. The monoisotopic (exact) mass is 344 g/mol. The number of aliphatic carboxylic acids is 1. The van der Waals surface area contributed by atoms with Crippen molar-refractivity contribution in [2.75, 3.05) is 6.61 Å². The van der Waals surface area contributed by atoms with Crippen molar-refractivity contribution < 1.29 is 23.8 Å². The number of carbonyl (C=O) groups excluding carboxylic acids is 2. The number of amides is 1. The van der Waals surface area contributed by atoms with Crippen LogP contribution in [0.15, 0.2) is 21.3 Å². The zero-order valence-electron chi connectivity index (χ0n) is 14.0. The SMILES string of the molecule is Cc1c(OCC(=O)N[C@@H](C)C(=O)[O-])ccc2c3c(c(=O)oc12)CCC3. The van der Waals surface area contributed by atoms with Gasteiger partial charge in [-0.1, -0.05) is 0 Å². The van der Waals surface area contributed by atoms with Crippen molar-refractivity contribution in [3.05, 3.63) is 39.2 Å². The predicted octanol–water partition coefficient (Wildman–Crippen LogP) is 0.224. The molecule has 1 aliphatic carbocycles. The molecule has 1 heterocycles. The van der Waals surface area contributed by atoms with Crippen molar-refractivity contribution in [2.24, 2.45) is 0 Å². The van der Waals surface area contributed by atoms with E-state index in [1.165, 1.54) is 6.92 Å². The molecule has 0 saturated heterocycles. The van der Waals surface area contributed by atoms with Crippen LogP contribution < -0.4 is 20.8 Å². The molecule has 0 unspecified atom stereocenters. The van der Waals surface area contributed by atoms with Gasteiger partial charge in [-0.15, -0.1) is 0 Å². The van der Waals surface area contributed by atoms with Crippen LogP contribution in [0.25, 0.3) is 11.0 Å². The predicted molar refractivity (Wildman–Crippen MR) is 87.4 cm³/mol. The fraction of sp³-hybridized carbons (Fsp3) is 0.389. The van der Waals surface area contributed by atoms with Gasteiger partial charge in [-0.2, -0.15) is 0 Å². The number of carbonyl (C=O) groups is 2. The molecule has 7 nitrogen and oxygen atoms in total. The highest BCUT2D eigenvalue weighted by molar-refractivity contribution is 5.87. The topological polar surface area (TPSA) is 109 Å². The molecule has 0 saturated carbocycles. The van der Waals surface area contributed by atoms with E-state index >= 15 is 0 Å². The maximum atomic E-state index is 12.1. The van der Waals surface area contributed by atoms with Crippen molar-refractivity contribution in [3.8, 4) is 5.75 Å². The Bertz CT molecular complexity index is 914. The second-order valence-electron chi connectivity index (χ2n) is 6.16. The number of rotatable bonds is 5. The van der Waals surface area contributed by atoms with Gasteiger partial charge in [0.25, 0.3) is 5.91 Å². The second-order valence-corrected chi connectivity index (χ2v) is 6.16. The summed E-state index contributed by atoms with van der Waals surface area (Å²) in [5.41, 5.74) is 2.55. The molecule has 0 spiro atoms. The molecule has 7 heteroatoms. The lowest BCUT2D eigenvalue weighted by molar-refractivity contribution is -0.307. The maximum absolute atomic E-state index is 12.1. The van der Waals surface area contributed by atoms with Gasteiger partial charge < -0.3 is 24.4 Å². The Kier molecular flexibility index (Phi) is 4.48. The van der Waals surface area contributed by atoms with E-state index in [1.54, 1.807) is 13.0 Å². The molecule has 25 heavy (non-hydrogen) atoms. The molecule has 1 aromatic heterocycles. The van der Waals surface area contributed by atoms with Crippen LogP contribution in [0.3, 0.4) is 0 Å². The molecular formula is C18H18NO6-. The largest absolute Gasteiger partial charge is 0.548 e. The highest BCUT2D eigenvalue weighted by Crippen LogP contribution is 2.32. The van der Waals surface area contributed by atoms with Gasteiger partial charge >= 0.3 is 5.63 Å². The molecule has 1 amide bonds. The third kappa shape index (κ3) is 3.22. The Labute approximate surface area is 143 Å². The van der Waals surface area contributed by atoms with Crippen molar-refractivity contribution in [2.45, 2.75) is 39.2 Å². The number of ether oxygens (including phenoxy) is 1. The first-order chi connectivity index (χ1) is 11.9. The van der Waals surface area contributed by atoms with Crippen LogP contribution >= 0.6 is 0 Å². The average Bonchev–Trinajstić information content (AvgIpc) is 3.05. The first-order valence-corrected chi connectivity index (χ1v) is 8.09. The van der Waals surface area contributed by atoms with Crippen LogP contribution in [0.5, 0.6) is 5.75 Å². The molecule has 3 rings (SSSR count). The van der Waals surface area contributed by atoms with Crippen molar-refractivity contribution in [1.29, 1.82) is 0 Å². The van der Waals surface area contributed by atoms with Crippen molar-refractivity contribution in [3.63, 3.8) is 0 Å². The number of hydrogen-bond acceptors (Lipinski definition) is 6. The molecule has 132 valence electrons. The van der Waals surface area contributed by atoms with Crippen LogP contribution in [0.1, 0.15) is 30.0 Å². The number of aryl methyl sites for hydroxylation is 2. The van der Waals surface area contributed by atoms with Gasteiger partial charge in [0.2, 0.25) is 0 Å². The van der Waals surface area contributed by atoms with Gasteiger partial charge in [-0.05, 0) is 50.8 Å². The van der Waals surface area contributed by atoms with Crippen LogP contribution in [0.2, 0.25) is 0 Å². The average molecular weight is 344 g/mol. The summed E-state index contributed by atoms with van der Waals surface area (Å²) >= 11 is 0. The Morgan fingerprint density at radius 1 is 1.32 bits per heavy atom. The zero-order chi connectivity index (χ0) is 18.1. The highest BCUT2D eigenvalue weighted by Gasteiger charge is 2.21. The summed E-state index contributed by atoms with van der Waals surface area (Å²) in [6.07, 6.45) is 2.52. The van der Waals surface area contributed by atoms with E-state index in [9.17, 15) is 19.5 Å². The fourth-order valence-corrected chi connectivity index (χ4v) is 3.11. The maximum Gasteiger partial charge on any atom is 0.339 e. The number of hydrogen-bond donors (Lipinski definition) is 1. The van der Waals surface area contributed by atoms with Gasteiger partial charge in [-0.25, -0.2) is 4.79 Å². The quantitative estimate of drug-likeness (QED) is 0.778. The number of fused-ring (bicyclic) bond motifs is 3. The summed E-state index contributed by atoms with van der Waals surface area (Å²) in [5, 5.41) is 13.8. The number of nitrogens with one attached hydrogen (secondary N) is 1. The smallest absolute Gasteiger partial charge is 0.339 e. The molecule has 0 fully saturated rings. The third-order valence-electron chi connectivity index (χ3n) is 4.43. The van der Waals surface area contributed by atoms with Gasteiger partial charge in [-0.3, -0.25) is 4.79 Å². The molecule has 1 N–H and O–H groups in total. The summed E-state index contributed by atoms with van der Waals surface area (Å²) in [6.45, 7) is 2.71. The van der Waals surface area contributed by atoms with Crippen LogP contribution in [-0.2, 0) is 22.4 Å². The zero-order valence-corrected chi connectivity index (χ0v) is 14.0. The Balaban J connectivity index is 1.83. The first kappa shape index (κ1) is 17.0.